The minimum absolute atomic E-state index is 0. The molecular weight excluding hydrogens is 808 g/mol. The van der Waals surface area contributed by atoms with Gasteiger partial charge in [-0.1, -0.05) is 97.1 Å². The molecule has 2 aromatic heterocycles. The summed E-state index contributed by atoms with van der Waals surface area (Å²) in [5.74, 6) is 1.90. The average molecular weight is 864 g/mol. The van der Waals surface area contributed by atoms with Gasteiger partial charge in [0.25, 0.3) is 0 Å². The van der Waals surface area contributed by atoms with Crippen molar-refractivity contribution in [2.45, 2.75) is 63.1 Å². The number of aromatic nitrogens is 2. The van der Waals surface area contributed by atoms with Crippen molar-refractivity contribution < 1.29 is 44.0 Å². The summed E-state index contributed by atoms with van der Waals surface area (Å²) >= 11 is 0. The standard InChI is InChI=1S/C54H56N4O2.2ClH/c1-3-35-31-57(27-23-37(35)29-51(57)53(59)45-21-25-55-49-19-11-9-17-43(45)49)33-47-39-13-5-7-15-41(39)48(42-16-8-6-14-40(42)47)34-58-28-24-38(36(4-2)32-58)30-52(58)54(60)46-22-26-56-50-20-12-10-18-44(46)50;;/h3-22,25-26,35-38,51-54,59-60H,1-2,23-24,27-34H2;2*1H/q+2;;/p-2/t35-,36-,37-,38+,51+,52-,53+,54+,57?,58?;;/m0../s1. The molecular formula is C54H56Cl2N4O2. The molecule has 8 heteroatoms. The Hall–Kier alpha value is -4.66. The highest BCUT2D eigenvalue weighted by molar-refractivity contribution is 6.05. The van der Waals surface area contributed by atoms with E-state index >= 15 is 0 Å². The highest BCUT2D eigenvalue weighted by Gasteiger charge is 2.56. The molecule has 62 heavy (non-hydrogen) atoms. The molecule has 0 spiro atoms. The predicted octanol–water partition coefficient (Wildman–Crippen LogP) is 4.39. The van der Waals surface area contributed by atoms with Crippen molar-refractivity contribution >= 4 is 43.4 Å². The van der Waals surface area contributed by atoms with Crippen LogP contribution in [0.5, 0.6) is 0 Å². The predicted molar refractivity (Wildman–Crippen MR) is 243 cm³/mol. The third-order valence-corrected chi connectivity index (χ3v) is 16.2. The van der Waals surface area contributed by atoms with Gasteiger partial charge in [-0.3, -0.25) is 9.97 Å². The molecule has 5 aromatic carbocycles. The van der Waals surface area contributed by atoms with Crippen LogP contribution in [0.2, 0.25) is 0 Å². The van der Waals surface area contributed by atoms with Gasteiger partial charge in [0.1, 0.15) is 37.4 Å². The number of hydrogen-bond acceptors (Lipinski definition) is 4. The largest absolute Gasteiger partial charge is 1.00 e. The van der Waals surface area contributed by atoms with Crippen molar-refractivity contribution in [2.24, 2.45) is 23.7 Å². The zero-order chi connectivity index (χ0) is 40.6. The van der Waals surface area contributed by atoms with E-state index in [1.54, 1.807) is 0 Å². The summed E-state index contributed by atoms with van der Waals surface area (Å²) in [6.45, 7) is 14.4. The van der Waals surface area contributed by atoms with Gasteiger partial charge in [0.2, 0.25) is 0 Å². The van der Waals surface area contributed by atoms with Crippen LogP contribution in [0.15, 0.2) is 147 Å². The molecule has 6 saturated heterocycles. The first-order valence-electron chi connectivity index (χ1n) is 22.3. The average Bonchev–Trinajstić information content (AvgIpc) is 3.31. The first-order valence-corrected chi connectivity index (χ1v) is 22.3. The summed E-state index contributed by atoms with van der Waals surface area (Å²) in [4.78, 5) is 9.32. The van der Waals surface area contributed by atoms with E-state index in [4.69, 9.17) is 0 Å². The van der Waals surface area contributed by atoms with E-state index in [1.807, 2.05) is 36.7 Å². The molecule has 0 radical (unpaired) electrons. The lowest BCUT2D eigenvalue weighted by Crippen LogP contribution is -3.00. The molecule has 6 aliphatic rings. The van der Waals surface area contributed by atoms with Crippen molar-refractivity contribution in [3.05, 3.63) is 169 Å². The van der Waals surface area contributed by atoms with Gasteiger partial charge >= 0.3 is 0 Å². The number of rotatable bonds is 10. The van der Waals surface area contributed by atoms with Gasteiger partial charge in [-0.15, -0.1) is 13.2 Å². The minimum atomic E-state index is -0.611. The first-order chi connectivity index (χ1) is 29.4. The first kappa shape index (κ1) is 42.6. The zero-order valence-electron chi connectivity index (χ0n) is 35.2. The highest BCUT2D eigenvalue weighted by atomic mass is 35.5. The van der Waals surface area contributed by atoms with E-state index in [2.05, 4.69) is 120 Å². The maximum Gasteiger partial charge on any atom is 0.131 e. The van der Waals surface area contributed by atoms with Crippen LogP contribution in [0.25, 0.3) is 43.4 Å². The molecule has 4 bridgehead atoms. The molecule has 318 valence electrons. The number of fused-ring (bicyclic) bond motifs is 10. The second-order valence-electron chi connectivity index (χ2n) is 18.8. The Bertz CT molecular complexity index is 2560. The number of hydrogen-bond donors (Lipinski definition) is 2. The van der Waals surface area contributed by atoms with Crippen molar-refractivity contribution in [2.75, 3.05) is 26.2 Å². The van der Waals surface area contributed by atoms with Crippen molar-refractivity contribution in [1.82, 2.24) is 9.97 Å². The Morgan fingerprint density at radius 3 is 1.26 bits per heavy atom. The summed E-state index contributed by atoms with van der Waals surface area (Å²) in [7, 11) is 0. The van der Waals surface area contributed by atoms with Crippen LogP contribution in [-0.2, 0) is 13.1 Å². The molecule has 0 saturated carbocycles. The smallest absolute Gasteiger partial charge is 0.131 e. The van der Waals surface area contributed by atoms with Gasteiger partial charge in [-0.25, -0.2) is 0 Å². The minimum Gasteiger partial charge on any atom is -1.00 e. The van der Waals surface area contributed by atoms with E-state index in [0.717, 1.165) is 107 Å². The van der Waals surface area contributed by atoms with E-state index in [9.17, 15) is 10.2 Å². The molecule has 6 aliphatic heterocycles. The molecule has 0 amide bonds. The summed E-state index contributed by atoms with van der Waals surface area (Å²) in [5, 5.41) is 32.6. The molecule has 0 aliphatic carbocycles. The van der Waals surface area contributed by atoms with Crippen LogP contribution < -0.4 is 24.8 Å². The number of pyridine rings is 2. The molecule has 10 atom stereocenters. The maximum absolute atomic E-state index is 12.6. The van der Waals surface area contributed by atoms with Gasteiger partial charge in [0, 0.05) is 71.8 Å². The molecule has 7 aromatic rings. The van der Waals surface area contributed by atoms with Gasteiger partial charge in [-0.05, 0) is 68.8 Å². The van der Waals surface area contributed by atoms with Gasteiger partial charge in [0.15, 0.2) is 0 Å². The number of para-hydroxylation sites is 2. The number of quaternary nitrogens is 2. The van der Waals surface area contributed by atoms with E-state index in [1.165, 1.54) is 32.7 Å². The fourth-order valence-corrected chi connectivity index (χ4v) is 13.2. The van der Waals surface area contributed by atoms with Gasteiger partial charge < -0.3 is 44.0 Å². The molecule has 13 rings (SSSR count). The van der Waals surface area contributed by atoms with Crippen molar-refractivity contribution in [3.63, 3.8) is 0 Å². The van der Waals surface area contributed by atoms with Gasteiger partial charge in [-0.2, -0.15) is 0 Å². The Morgan fingerprint density at radius 2 is 0.887 bits per heavy atom. The Kier molecular flexibility index (Phi) is 11.6. The van der Waals surface area contributed by atoms with Crippen LogP contribution in [-0.4, -0.2) is 67.4 Å². The zero-order valence-corrected chi connectivity index (χ0v) is 36.8. The number of benzene rings is 5. The van der Waals surface area contributed by atoms with Crippen LogP contribution in [0, 0.1) is 23.7 Å². The highest BCUT2D eigenvalue weighted by Crippen LogP contribution is 2.52. The third-order valence-electron chi connectivity index (χ3n) is 16.2. The topological polar surface area (TPSA) is 66.2 Å². The van der Waals surface area contributed by atoms with Crippen molar-refractivity contribution in [3.8, 4) is 0 Å². The lowest BCUT2D eigenvalue weighted by molar-refractivity contribution is -0.984. The maximum atomic E-state index is 12.6. The summed E-state index contributed by atoms with van der Waals surface area (Å²) in [6.07, 6.45) is 11.2. The Balaban J connectivity index is 0.00000245. The fraction of sp³-hybridized carbons (Fsp3) is 0.333. The van der Waals surface area contributed by atoms with Crippen LogP contribution in [0.4, 0.5) is 0 Å². The van der Waals surface area contributed by atoms with E-state index < -0.39 is 12.2 Å². The fourth-order valence-electron chi connectivity index (χ4n) is 13.2. The van der Waals surface area contributed by atoms with Crippen LogP contribution >= 0.6 is 0 Å². The second kappa shape index (κ2) is 16.8. The summed E-state index contributed by atoms with van der Waals surface area (Å²) < 4.78 is 1.68. The molecule has 6 fully saturated rings. The number of piperidine rings is 6. The molecule has 2 unspecified atom stereocenters. The van der Waals surface area contributed by atoms with Crippen molar-refractivity contribution in [1.29, 1.82) is 0 Å². The molecule has 8 heterocycles. The van der Waals surface area contributed by atoms with E-state index in [0.29, 0.717) is 23.7 Å². The second-order valence-corrected chi connectivity index (χ2v) is 18.8. The van der Waals surface area contributed by atoms with Gasteiger partial charge in [0.05, 0.1) is 37.2 Å². The van der Waals surface area contributed by atoms with Crippen LogP contribution in [0.3, 0.4) is 0 Å². The lowest BCUT2D eigenvalue weighted by Gasteiger charge is -2.58. The van der Waals surface area contributed by atoms with Crippen LogP contribution in [0.1, 0.15) is 60.1 Å². The SMILES string of the molecule is C=C[C@H]1C[N+]2(Cc3c4ccccc4c(C[N+]45CC[C@H](C[C@H]4[C@H](O)c4ccnc6ccccc46)[C@@H](C=C)C5)c4ccccc34)CC[C@H]1C[C@@H]2[C@H](O)c1ccnc2ccccc12.[Cl-].[Cl-]. The molecule has 2 N–H and O–H groups in total. The lowest BCUT2D eigenvalue weighted by atomic mass is 9.70. The quantitative estimate of drug-likeness (QED) is 0.122. The number of halogens is 2. The third kappa shape index (κ3) is 6.77. The number of aliphatic hydroxyl groups excluding tert-OH is 2. The Morgan fingerprint density at radius 1 is 0.532 bits per heavy atom. The molecule has 6 nitrogen and oxygen atoms in total. The summed E-state index contributed by atoms with van der Waals surface area (Å²) in [6, 6.07) is 39.0. The number of nitrogens with zero attached hydrogens (tertiary/aromatic N) is 4. The Labute approximate surface area is 377 Å². The monoisotopic (exact) mass is 862 g/mol. The van der Waals surface area contributed by atoms with E-state index in [-0.39, 0.29) is 36.9 Å². The number of aliphatic hydroxyl groups is 2. The normalized spacial score (nSPS) is 28.6. The summed E-state index contributed by atoms with van der Waals surface area (Å²) in [5.41, 5.74) is 6.60.